The van der Waals surface area contributed by atoms with Crippen LogP contribution in [-0.4, -0.2) is 48.8 Å². The summed E-state index contributed by atoms with van der Waals surface area (Å²) in [4.78, 5) is 22.7. The number of nitrogens with one attached hydrogen (secondary N) is 2. The van der Waals surface area contributed by atoms with Crippen molar-refractivity contribution in [2.45, 2.75) is 50.7 Å². The first-order valence-electron chi connectivity index (χ1n) is 7.49. The highest BCUT2D eigenvalue weighted by atomic mass is 16.5. The monoisotopic (exact) mass is 284 g/mol. The fraction of sp³-hybridized carbons (Fsp3) is 0.857. The maximum absolute atomic E-state index is 11.8. The lowest BCUT2D eigenvalue weighted by atomic mass is 9.95. The minimum atomic E-state index is -0.808. The Hall–Kier alpha value is -1.14. The minimum absolute atomic E-state index is 0.0230. The van der Waals surface area contributed by atoms with Gasteiger partial charge in [0, 0.05) is 19.1 Å². The summed E-state index contributed by atoms with van der Waals surface area (Å²) in [6.07, 6.45) is 6.00. The van der Waals surface area contributed by atoms with Crippen molar-refractivity contribution >= 4 is 11.9 Å². The van der Waals surface area contributed by atoms with Crippen LogP contribution in [0.5, 0.6) is 0 Å². The number of carboxylic acids is 1. The molecule has 20 heavy (non-hydrogen) atoms. The molecule has 1 amide bonds. The van der Waals surface area contributed by atoms with Gasteiger partial charge in [0.25, 0.3) is 0 Å². The van der Waals surface area contributed by atoms with E-state index in [1.807, 2.05) is 0 Å². The van der Waals surface area contributed by atoms with Gasteiger partial charge in [-0.2, -0.15) is 0 Å². The Morgan fingerprint density at radius 3 is 2.65 bits per heavy atom. The van der Waals surface area contributed by atoms with Gasteiger partial charge >= 0.3 is 5.97 Å². The standard InChI is InChI=1S/C14H24N2O4/c17-13(16-11-4-2-1-3-5-11)9-20-12-6-10(14(18)19)7-15-8-12/h10-12,15H,1-9H2,(H,16,17)(H,18,19). The van der Waals surface area contributed by atoms with Gasteiger partial charge in [0.2, 0.25) is 5.91 Å². The van der Waals surface area contributed by atoms with E-state index in [1.165, 1.54) is 19.3 Å². The molecule has 2 aliphatic rings. The predicted octanol–water partition coefficient (Wildman–Crippen LogP) is 0.515. The molecule has 1 saturated heterocycles. The number of aliphatic carboxylic acids is 1. The molecule has 114 valence electrons. The van der Waals surface area contributed by atoms with Crippen molar-refractivity contribution in [3.05, 3.63) is 0 Å². The summed E-state index contributed by atoms with van der Waals surface area (Å²) >= 11 is 0. The van der Waals surface area contributed by atoms with Gasteiger partial charge in [-0.3, -0.25) is 9.59 Å². The zero-order chi connectivity index (χ0) is 14.4. The molecule has 2 atom stereocenters. The van der Waals surface area contributed by atoms with E-state index in [4.69, 9.17) is 9.84 Å². The highest BCUT2D eigenvalue weighted by Crippen LogP contribution is 2.17. The molecule has 0 aromatic rings. The average Bonchev–Trinajstić information content (AvgIpc) is 2.46. The average molecular weight is 284 g/mol. The molecular weight excluding hydrogens is 260 g/mol. The molecule has 1 saturated carbocycles. The third-order valence-corrected chi connectivity index (χ3v) is 4.08. The summed E-state index contributed by atoms with van der Waals surface area (Å²) < 4.78 is 5.53. The second kappa shape index (κ2) is 7.59. The van der Waals surface area contributed by atoms with Crippen LogP contribution in [0.2, 0.25) is 0 Å². The quantitative estimate of drug-likeness (QED) is 0.685. The number of ether oxygens (including phenoxy) is 1. The number of carbonyl (C=O) groups is 2. The van der Waals surface area contributed by atoms with Crippen molar-refractivity contribution in [2.75, 3.05) is 19.7 Å². The van der Waals surface area contributed by atoms with Crippen LogP contribution in [0.1, 0.15) is 38.5 Å². The Morgan fingerprint density at radius 2 is 1.95 bits per heavy atom. The lowest BCUT2D eigenvalue weighted by Crippen LogP contribution is -2.45. The molecule has 6 heteroatoms. The summed E-state index contributed by atoms with van der Waals surface area (Å²) in [5, 5.41) is 15.0. The van der Waals surface area contributed by atoms with Gasteiger partial charge in [-0.05, 0) is 19.3 Å². The zero-order valence-corrected chi connectivity index (χ0v) is 11.8. The largest absolute Gasteiger partial charge is 0.481 e. The Morgan fingerprint density at radius 1 is 1.20 bits per heavy atom. The number of piperidine rings is 1. The molecule has 2 unspecified atom stereocenters. The van der Waals surface area contributed by atoms with Crippen LogP contribution < -0.4 is 10.6 Å². The fourth-order valence-electron chi connectivity index (χ4n) is 2.93. The SMILES string of the molecule is O=C(COC1CNCC(C(=O)O)C1)NC1CCCCC1. The van der Waals surface area contributed by atoms with E-state index < -0.39 is 11.9 Å². The second-order valence-electron chi connectivity index (χ2n) is 5.76. The molecule has 0 bridgehead atoms. The van der Waals surface area contributed by atoms with E-state index in [9.17, 15) is 9.59 Å². The molecule has 1 aliphatic heterocycles. The van der Waals surface area contributed by atoms with E-state index in [0.717, 1.165) is 12.8 Å². The van der Waals surface area contributed by atoms with Gasteiger partial charge in [-0.1, -0.05) is 19.3 Å². The molecule has 1 aliphatic carbocycles. The first-order valence-corrected chi connectivity index (χ1v) is 7.49. The molecule has 0 radical (unpaired) electrons. The van der Waals surface area contributed by atoms with Crippen molar-refractivity contribution in [3.8, 4) is 0 Å². The molecule has 2 rings (SSSR count). The Labute approximate surface area is 119 Å². The maximum Gasteiger partial charge on any atom is 0.307 e. The third kappa shape index (κ3) is 4.76. The lowest BCUT2D eigenvalue weighted by Gasteiger charge is -2.28. The van der Waals surface area contributed by atoms with Crippen LogP contribution in [0.25, 0.3) is 0 Å². The Bertz CT molecular complexity index is 342. The van der Waals surface area contributed by atoms with Crippen LogP contribution in [0, 0.1) is 5.92 Å². The van der Waals surface area contributed by atoms with Crippen molar-refractivity contribution in [2.24, 2.45) is 5.92 Å². The van der Waals surface area contributed by atoms with Crippen molar-refractivity contribution in [1.29, 1.82) is 0 Å². The number of carbonyl (C=O) groups excluding carboxylic acids is 1. The third-order valence-electron chi connectivity index (χ3n) is 4.08. The number of hydrogen-bond donors (Lipinski definition) is 3. The van der Waals surface area contributed by atoms with E-state index in [1.54, 1.807) is 0 Å². The molecule has 6 nitrogen and oxygen atoms in total. The van der Waals surface area contributed by atoms with Crippen molar-refractivity contribution in [3.63, 3.8) is 0 Å². The molecule has 0 aromatic carbocycles. The highest BCUT2D eigenvalue weighted by Gasteiger charge is 2.27. The first kappa shape index (κ1) is 15.3. The summed E-state index contributed by atoms with van der Waals surface area (Å²) in [6.45, 7) is 1.11. The number of rotatable bonds is 5. The summed E-state index contributed by atoms with van der Waals surface area (Å²) in [7, 11) is 0. The number of carboxylic acid groups (broad SMARTS) is 1. The summed E-state index contributed by atoms with van der Waals surface area (Å²) in [5.74, 6) is -1.32. The zero-order valence-electron chi connectivity index (χ0n) is 11.8. The van der Waals surface area contributed by atoms with E-state index >= 15 is 0 Å². The topological polar surface area (TPSA) is 87.7 Å². The second-order valence-corrected chi connectivity index (χ2v) is 5.76. The fourth-order valence-corrected chi connectivity index (χ4v) is 2.93. The normalized spacial score (nSPS) is 28.0. The van der Waals surface area contributed by atoms with Gasteiger partial charge in [0.05, 0.1) is 12.0 Å². The predicted molar refractivity (Wildman–Crippen MR) is 73.4 cm³/mol. The smallest absolute Gasteiger partial charge is 0.307 e. The minimum Gasteiger partial charge on any atom is -0.481 e. The Kier molecular flexibility index (Phi) is 5.79. The molecular formula is C14H24N2O4. The maximum atomic E-state index is 11.8. The first-order chi connectivity index (χ1) is 9.65. The van der Waals surface area contributed by atoms with Crippen LogP contribution in [0.3, 0.4) is 0 Å². The van der Waals surface area contributed by atoms with Crippen LogP contribution in [-0.2, 0) is 14.3 Å². The molecule has 2 fully saturated rings. The van der Waals surface area contributed by atoms with Crippen molar-refractivity contribution in [1.82, 2.24) is 10.6 Å². The molecule has 1 heterocycles. The van der Waals surface area contributed by atoms with Crippen LogP contribution in [0.4, 0.5) is 0 Å². The van der Waals surface area contributed by atoms with E-state index in [2.05, 4.69) is 10.6 Å². The highest BCUT2D eigenvalue weighted by molar-refractivity contribution is 5.77. The summed E-state index contributed by atoms with van der Waals surface area (Å²) in [6, 6.07) is 0.288. The lowest BCUT2D eigenvalue weighted by molar-refractivity contribution is -0.144. The number of amides is 1. The van der Waals surface area contributed by atoms with E-state index in [-0.39, 0.29) is 24.7 Å². The molecule has 0 spiro atoms. The number of hydrogen-bond acceptors (Lipinski definition) is 4. The van der Waals surface area contributed by atoms with E-state index in [0.29, 0.717) is 19.5 Å². The van der Waals surface area contributed by atoms with Gasteiger partial charge < -0.3 is 20.5 Å². The van der Waals surface area contributed by atoms with Gasteiger partial charge in [0.1, 0.15) is 6.61 Å². The Balaban J connectivity index is 1.66. The summed E-state index contributed by atoms with van der Waals surface area (Å²) in [5.41, 5.74) is 0. The van der Waals surface area contributed by atoms with Gasteiger partial charge in [-0.25, -0.2) is 0 Å². The van der Waals surface area contributed by atoms with Crippen LogP contribution >= 0.6 is 0 Å². The molecule has 3 N–H and O–H groups in total. The van der Waals surface area contributed by atoms with Crippen LogP contribution in [0.15, 0.2) is 0 Å². The molecule has 0 aromatic heterocycles. The van der Waals surface area contributed by atoms with Crippen molar-refractivity contribution < 1.29 is 19.4 Å². The van der Waals surface area contributed by atoms with Gasteiger partial charge in [-0.15, -0.1) is 0 Å². The van der Waals surface area contributed by atoms with Gasteiger partial charge in [0.15, 0.2) is 0 Å².